The number of carbonyl (C=O) groups excluding carboxylic acids is 1. The molecule has 1 N–H and O–H groups in total. The molecule has 5 rings (SSSR count). The molecule has 2 aliphatic rings. The lowest BCUT2D eigenvalue weighted by Gasteiger charge is -2.28. The van der Waals surface area contributed by atoms with Crippen LogP contribution in [0.3, 0.4) is 0 Å². The number of anilines is 1. The minimum Gasteiger partial charge on any atom is -0.351 e. The van der Waals surface area contributed by atoms with E-state index in [-0.39, 0.29) is 5.91 Å². The first-order valence-electron chi connectivity index (χ1n) is 9.74. The number of aromatic nitrogens is 3. The predicted octanol–water partition coefficient (Wildman–Crippen LogP) is 3.41. The van der Waals surface area contributed by atoms with Gasteiger partial charge in [-0.3, -0.25) is 4.79 Å². The van der Waals surface area contributed by atoms with Gasteiger partial charge in [-0.15, -0.1) is 0 Å². The highest BCUT2D eigenvalue weighted by atomic mass is 79.9. The van der Waals surface area contributed by atoms with E-state index in [1.807, 2.05) is 11.1 Å². The fourth-order valence-electron chi connectivity index (χ4n) is 4.09. The normalized spacial score (nSPS) is 15.7. The zero-order chi connectivity index (χ0) is 19.8. The number of hydrogen-bond donors (Lipinski definition) is 1. The number of fused-ring (bicyclic) bond motifs is 2. The van der Waals surface area contributed by atoms with Gasteiger partial charge in [0.25, 0.3) is 5.91 Å². The lowest BCUT2D eigenvalue weighted by Crippen LogP contribution is -2.36. The van der Waals surface area contributed by atoms with Crippen molar-refractivity contribution in [3.63, 3.8) is 0 Å². The molecule has 1 aromatic carbocycles. The van der Waals surface area contributed by atoms with Crippen LogP contribution in [-0.4, -0.2) is 38.3 Å². The molecule has 0 spiro atoms. The zero-order valence-corrected chi connectivity index (χ0v) is 17.4. The van der Waals surface area contributed by atoms with Crippen LogP contribution >= 0.6 is 15.9 Å². The van der Waals surface area contributed by atoms with Gasteiger partial charge in [0, 0.05) is 43.5 Å². The Balaban J connectivity index is 1.26. The monoisotopic (exact) mass is 449 g/mol. The lowest BCUT2D eigenvalue weighted by molar-refractivity contribution is 0.0733. The number of nitrogens with zero attached hydrogens (tertiary/aromatic N) is 4. The summed E-state index contributed by atoms with van der Waals surface area (Å²) in [6, 6.07) is 12.5. The number of halogens is 1. The number of carbonyl (C=O) groups is 1. The van der Waals surface area contributed by atoms with Gasteiger partial charge in [0.1, 0.15) is 4.60 Å². The molecule has 3 aromatic rings. The Bertz CT molecular complexity index is 1040. The molecule has 0 radical (unpaired) electrons. The van der Waals surface area contributed by atoms with Gasteiger partial charge in [0.05, 0.1) is 11.3 Å². The minimum atomic E-state index is -0.0124. The fourth-order valence-corrected chi connectivity index (χ4v) is 4.32. The molecule has 0 saturated carbocycles. The van der Waals surface area contributed by atoms with Crippen molar-refractivity contribution in [1.29, 1.82) is 0 Å². The van der Waals surface area contributed by atoms with E-state index in [2.05, 4.69) is 55.5 Å². The second kappa shape index (κ2) is 7.55. The van der Waals surface area contributed by atoms with Crippen LogP contribution in [0.5, 0.6) is 0 Å². The van der Waals surface area contributed by atoms with Crippen LogP contribution in [0.15, 0.2) is 53.4 Å². The van der Waals surface area contributed by atoms with Crippen LogP contribution < -0.4 is 5.32 Å². The number of pyridine rings is 1. The smallest absolute Gasteiger partial charge is 0.255 e. The van der Waals surface area contributed by atoms with E-state index in [1.165, 1.54) is 11.1 Å². The maximum atomic E-state index is 12.7. The number of nitrogens with one attached hydrogen (secondary N) is 1. The summed E-state index contributed by atoms with van der Waals surface area (Å²) in [5.74, 6) is 0.667. The van der Waals surface area contributed by atoms with E-state index in [0.29, 0.717) is 30.6 Å². The molecule has 6 nitrogen and oxygen atoms in total. The molecule has 0 unspecified atom stereocenters. The summed E-state index contributed by atoms with van der Waals surface area (Å²) >= 11 is 3.30. The Morgan fingerprint density at radius 1 is 1.03 bits per heavy atom. The second-order valence-electron chi connectivity index (χ2n) is 7.53. The summed E-state index contributed by atoms with van der Waals surface area (Å²) in [5, 5.41) is 3.49. The standard InChI is InChI=1S/C22H20BrN5O/c23-20-6-5-16(11-24-20)21(29)28-8-7-19-17(13-28)12-25-22(27-19)26-18-9-14-3-1-2-4-15(14)10-18/h1-6,11-12,18H,7-10,13H2,(H,25,26,27). The van der Waals surface area contributed by atoms with Gasteiger partial charge in [-0.1, -0.05) is 24.3 Å². The molecule has 3 heterocycles. The van der Waals surface area contributed by atoms with E-state index in [9.17, 15) is 4.79 Å². The number of benzene rings is 1. The molecule has 0 atom stereocenters. The quantitative estimate of drug-likeness (QED) is 0.620. The highest BCUT2D eigenvalue weighted by molar-refractivity contribution is 9.10. The molecule has 0 fully saturated rings. The molecular formula is C22H20BrN5O. The zero-order valence-electron chi connectivity index (χ0n) is 15.8. The van der Waals surface area contributed by atoms with E-state index in [0.717, 1.165) is 35.1 Å². The van der Waals surface area contributed by atoms with Crippen molar-refractivity contribution in [2.45, 2.75) is 31.8 Å². The summed E-state index contributed by atoms with van der Waals surface area (Å²) < 4.78 is 0.719. The first-order valence-corrected chi connectivity index (χ1v) is 10.5. The van der Waals surface area contributed by atoms with Crippen molar-refractivity contribution in [2.75, 3.05) is 11.9 Å². The van der Waals surface area contributed by atoms with E-state index >= 15 is 0 Å². The maximum Gasteiger partial charge on any atom is 0.255 e. The maximum absolute atomic E-state index is 12.7. The highest BCUT2D eigenvalue weighted by Gasteiger charge is 2.25. The largest absolute Gasteiger partial charge is 0.351 e. The van der Waals surface area contributed by atoms with Crippen molar-refractivity contribution < 1.29 is 4.79 Å². The van der Waals surface area contributed by atoms with E-state index in [1.54, 1.807) is 18.3 Å². The van der Waals surface area contributed by atoms with Crippen LogP contribution in [0.2, 0.25) is 0 Å². The van der Waals surface area contributed by atoms with Crippen molar-refractivity contribution in [3.8, 4) is 0 Å². The average Bonchev–Trinajstić information content (AvgIpc) is 3.15. The topological polar surface area (TPSA) is 71.0 Å². The second-order valence-corrected chi connectivity index (χ2v) is 8.34. The SMILES string of the molecule is O=C(c1ccc(Br)nc1)N1CCc2nc(NC3Cc4ccccc4C3)ncc2C1. The van der Waals surface area contributed by atoms with Crippen molar-refractivity contribution >= 4 is 27.8 Å². The molecule has 0 bridgehead atoms. The summed E-state index contributed by atoms with van der Waals surface area (Å²) in [6.07, 6.45) is 6.18. The third kappa shape index (κ3) is 3.74. The Morgan fingerprint density at radius 3 is 2.55 bits per heavy atom. The van der Waals surface area contributed by atoms with Crippen LogP contribution in [0, 0.1) is 0 Å². The van der Waals surface area contributed by atoms with Crippen LogP contribution in [-0.2, 0) is 25.8 Å². The van der Waals surface area contributed by atoms with Gasteiger partial charge >= 0.3 is 0 Å². The van der Waals surface area contributed by atoms with Crippen LogP contribution in [0.25, 0.3) is 0 Å². The molecule has 1 aliphatic carbocycles. The molecule has 7 heteroatoms. The van der Waals surface area contributed by atoms with Crippen molar-refractivity contribution in [2.24, 2.45) is 0 Å². The summed E-state index contributed by atoms with van der Waals surface area (Å²) in [5.41, 5.74) is 5.43. The molecule has 1 amide bonds. The van der Waals surface area contributed by atoms with Crippen molar-refractivity contribution in [1.82, 2.24) is 19.9 Å². The third-order valence-electron chi connectivity index (χ3n) is 5.58. The Hall–Kier alpha value is -2.80. The molecule has 0 saturated heterocycles. The average molecular weight is 450 g/mol. The summed E-state index contributed by atoms with van der Waals surface area (Å²) in [4.78, 5) is 28.0. The van der Waals surface area contributed by atoms with E-state index in [4.69, 9.17) is 4.98 Å². The Labute approximate surface area is 177 Å². The fraction of sp³-hybridized carbons (Fsp3) is 0.273. The number of hydrogen-bond acceptors (Lipinski definition) is 5. The number of rotatable bonds is 3. The van der Waals surface area contributed by atoms with Crippen LogP contribution in [0.4, 0.5) is 5.95 Å². The lowest BCUT2D eigenvalue weighted by atomic mass is 10.1. The van der Waals surface area contributed by atoms with Crippen LogP contribution in [0.1, 0.15) is 32.7 Å². The van der Waals surface area contributed by atoms with Crippen molar-refractivity contribution in [3.05, 3.63) is 81.3 Å². The van der Waals surface area contributed by atoms with Gasteiger partial charge in [0.15, 0.2) is 0 Å². The van der Waals surface area contributed by atoms with E-state index < -0.39 is 0 Å². The molecule has 2 aromatic heterocycles. The highest BCUT2D eigenvalue weighted by Crippen LogP contribution is 2.25. The third-order valence-corrected chi connectivity index (χ3v) is 6.05. The van der Waals surface area contributed by atoms with Gasteiger partial charge in [-0.25, -0.2) is 15.0 Å². The van der Waals surface area contributed by atoms with Gasteiger partial charge < -0.3 is 10.2 Å². The minimum absolute atomic E-state index is 0.0124. The summed E-state index contributed by atoms with van der Waals surface area (Å²) in [6.45, 7) is 1.17. The molecular weight excluding hydrogens is 430 g/mol. The van der Waals surface area contributed by atoms with Gasteiger partial charge in [-0.2, -0.15) is 0 Å². The molecule has 146 valence electrons. The van der Waals surface area contributed by atoms with Gasteiger partial charge in [-0.05, 0) is 52.0 Å². The Morgan fingerprint density at radius 2 is 1.83 bits per heavy atom. The summed E-state index contributed by atoms with van der Waals surface area (Å²) in [7, 11) is 0. The molecule has 29 heavy (non-hydrogen) atoms. The Kier molecular flexibility index (Phi) is 4.75. The van der Waals surface area contributed by atoms with Gasteiger partial charge in [0.2, 0.25) is 5.95 Å². The predicted molar refractivity (Wildman–Crippen MR) is 114 cm³/mol. The first-order chi connectivity index (χ1) is 14.2. The first kappa shape index (κ1) is 18.2. The number of amides is 1. The molecule has 1 aliphatic heterocycles.